The van der Waals surface area contributed by atoms with Gasteiger partial charge in [-0.25, -0.2) is 4.39 Å². The second kappa shape index (κ2) is 6.80. The summed E-state index contributed by atoms with van der Waals surface area (Å²) in [6, 6.07) is 13.0. The van der Waals surface area contributed by atoms with Crippen LogP contribution >= 0.6 is 0 Å². The number of anilines is 1. The number of carbonyl (C=O) groups excluding carboxylic acids is 2. The quantitative estimate of drug-likeness (QED) is 0.885. The van der Waals surface area contributed by atoms with Crippen LogP contribution in [0.4, 0.5) is 10.1 Å². The van der Waals surface area contributed by atoms with Gasteiger partial charge >= 0.3 is 0 Å². The van der Waals surface area contributed by atoms with Crippen molar-refractivity contribution in [1.29, 1.82) is 0 Å². The number of nitrogens with one attached hydrogen (secondary N) is 1. The van der Waals surface area contributed by atoms with E-state index in [1.54, 1.807) is 36.4 Å². The SMILES string of the molecule is NC(=O)c1ccc(NC(=O)CN2CCC2c2ccc(F)cc2)cc1. The molecule has 5 nitrogen and oxygen atoms in total. The summed E-state index contributed by atoms with van der Waals surface area (Å²) in [7, 11) is 0. The highest BCUT2D eigenvalue weighted by Crippen LogP contribution is 2.32. The molecule has 2 aromatic carbocycles. The maximum atomic E-state index is 13.0. The minimum atomic E-state index is -0.504. The highest BCUT2D eigenvalue weighted by molar-refractivity contribution is 5.95. The number of hydrogen-bond acceptors (Lipinski definition) is 3. The Bertz CT molecular complexity index is 744. The first kappa shape index (κ1) is 16.1. The first-order valence-corrected chi connectivity index (χ1v) is 7.72. The number of amides is 2. The van der Waals surface area contributed by atoms with Gasteiger partial charge in [0.1, 0.15) is 5.82 Å². The van der Waals surface area contributed by atoms with Gasteiger partial charge in [-0.2, -0.15) is 0 Å². The summed E-state index contributed by atoms with van der Waals surface area (Å²) in [6.45, 7) is 1.09. The summed E-state index contributed by atoms with van der Waals surface area (Å²) >= 11 is 0. The van der Waals surface area contributed by atoms with Crippen molar-refractivity contribution in [3.63, 3.8) is 0 Å². The van der Waals surface area contributed by atoms with Crippen molar-refractivity contribution in [2.75, 3.05) is 18.4 Å². The van der Waals surface area contributed by atoms with Crippen molar-refractivity contribution in [3.8, 4) is 0 Å². The van der Waals surface area contributed by atoms with Crippen molar-refractivity contribution >= 4 is 17.5 Å². The molecule has 3 rings (SSSR count). The van der Waals surface area contributed by atoms with Crippen LogP contribution in [0.2, 0.25) is 0 Å². The van der Waals surface area contributed by atoms with Gasteiger partial charge in [-0.15, -0.1) is 0 Å². The summed E-state index contributed by atoms with van der Waals surface area (Å²) in [5.41, 5.74) is 7.21. The maximum Gasteiger partial charge on any atom is 0.248 e. The van der Waals surface area contributed by atoms with E-state index in [2.05, 4.69) is 5.32 Å². The number of rotatable bonds is 5. The van der Waals surface area contributed by atoms with Gasteiger partial charge in [0.25, 0.3) is 0 Å². The highest BCUT2D eigenvalue weighted by Gasteiger charge is 2.30. The third kappa shape index (κ3) is 3.60. The van der Waals surface area contributed by atoms with Gasteiger partial charge in [0.15, 0.2) is 0 Å². The average molecular weight is 327 g/mol. The largest absolute Gasteiger partial charge is 0.366 e. The Kier molecular flexibility index (Phi) is 4.57. The number of carbonyl (C=O) groups is 2. The lowest BCUT2D eigenvalue weighted by Crippen LogP contribution is -2.45. The highest BCUT2D eigenvalue weighted by atomic mass is 19.1. The molecule has 0 saturated carbocycles. The van der Waals surface area contributed by atoms with Gasteiger partial charge in [0, 0.05) is 23.8 Å². The number of likely N-dealkylation sites (tertiary alicyclic amines) is 1. The molecule has 1 atom stereocenters. The number of nitrogens with zero attached hydrogens (tertiary/aromatic N) is 1. The third-order valence-electron chi connectivity index (χ3n) is 4.19. The van der Waals surface area contributed by atoms with E-state index >= 15 is 0 Å². The fraction of sp³-hybridized carbons (Fsp3) is 0.222. The van der Waals surface area contributed by atoms with Crippen LogP contribution in [0.3, 0.4) is 0 Å². The number of nitrogens with two attached hydrogens (primary N) is 1. The van der Waals surface area contributed by atoms with Gasteiger partial charge in [0.05, 0.1) is 6.54 Å². The van der Waals surface area contributed by atoms with Crippen molar-refractivity contribution in [2.45, 2.75) is 12.5 Å². The molecule has 3 N–H and O–H groups in total. The van der Waals surface area contributed by atoms with E-state index in [1.165, 1.54) is 12.1 Å². The molecule has 1 fully saturated rings. The predicted octanol–water partition coefficient (Wildman–Crippen LogP) is 2.31. The van der Waals surface area contributed by atoms with E-state index in [4.69, 9.17) is 5.73 Å². The Balaban J connectivity index is 1.56. The van der Waals surface area contributed by atoms with Crippen LogP contribution in [0, 0.1) is 5.82 Å². The minimum absolute atomic E-state index is 0.131. The standard InChI is InChI=1S/C18H18FN3O2/c19-14-5-1-12(2-6-14)16-9-10-22(16)11-17(23)21-15-7-3-13(4-8-15)18(20)24/h1-8,16H,9-11H2,(H2,20,24)(H,21,23). The lowest BCUT2D eigenvalue weighted by molar-refractivity contribution is -0.119. The summed E-state index contributed by atoms with van der Waals surface area (Å²) in [4.78, 5) is 25.2. The van der Waals surface area contributed by atoms with Gasteiger partial charge in [-0.3, -0.25) is 14.5 Å². The molecule has 2 amide bonds. The minimum Gasteiger partial charge on any atom is -0.366 e. The predicted molar refractivity (Wildman–Crippen MR) is 88.9 cm³/mol. The molecule has 0 aliphatic carbocycles. The number of halogens is 1. The van der Waals surface area contributed by atoms with E-state index in [9.17, 15) is 14.0 Å². The normalized spacial score (nSPS) is 17.1. The first-order valence-electron chi connectivity index (χ1n) is 7.72. The van der Waals surface area contributed by atoms with Crippen LogP contribution < -0.4 is 11.1 Å². The molecule has 1 unspecified atom stereocenters. The summed E-state index contributed by atoms with van der Waals surface area (Å²) in [6.07, 6.45) is 0.951. The molecule has 24 heavy (non-hydrogen) atoms. The second-order valence-electron chi connectivity index (χ2n) is 5.82. The molecule has 1 saturated heterocycles. The van der Waals surface area contributed by atoms with Gasteiger partial charge in [-0.1, -0.05) is 12.1 Å². The fourth-order valence-electron chi connectivity index (χ4n) is 2.80. The lowest BCUT2D eigenvalue weighted by Gasteiger charge is -2.40. The van der Waals surface area contributed by atoms with Gasteiger partial charge in [-0.05, 0) is 48.4 Å². The number of hydrogen-bond donors (Lipinski definition) is 2. The molecule has 0 aromatic heterocycles. The zero-order valence-electron chi connectivity index (χ0n) is 13.0. The van der Waals surface area contributed by atoms with E-state index in [0.717, 1.165) is 18.5 Å². The molecule has 6 heteroatoms. The van der Waals surface area contributed by atoms with Gasteiger partial charge < -0.3 is 11.1 Å². The van der Waals surface area contributed by atoms with Crippen LogP contribution in [0.25, 0.3) is 0 Å². The molecule has 0 bridgehead atoms. The summed E-state index contributed by atoms with van der Waals surface area (Å²) in [5.74, 6) is -0.897. The smallest absolute Gasteiger partial charge is 0.248 e. The molecule has 2 aromatic rings. The number of primary amides is 1. The second-order valence-corrected chi connectivity index (χ2v) is 5.82. The molecular formula is C18H18FN3O2. The first-order chi connectivity index (χ1) is 11.5. The molecular weight excluding hydrogens is 309 g/mol. The van der Waals surface area contributed by atoms with Crippen LogP contribution in [0.15, 0.2) is 48.5 Å². The zero-order chi connectivity index (χ0) is 17.1. The Morgan fingerprint density at radius 2 is 1.79 bits per heavy atom. The third-order valence-corrected chi connectivity index (χ3v) is 4.19. The van der Waals surface area contributed by atoms with E-state index < -0.39 is 5.91 Å². The molecule has 124 valence electrons. The topological polar surface area (TPSA) is 75.4 Å². The van der Waals surface area contributed by atoms with Crippen LogP contribution in [-0.4, -0.2) is 29.8 Å². The Morgan fingerprint density at radius 3 is 2.33 bits per heavy atom. The Morgan fingerprint density at radius 1 is 1.12 bits per heavy atom. The summed E-state index contributed by atoms with van der Waals surface area (Å²) in [5, 5.41) is 2.80. The van der Waals surface area contributed by atoms with Crippen molar-refractivity contribution in [1.82, 2.24) is 4.90 Å². The molecule has 0 spiro atoms. The van der Waals surface area contributed by atoms with E-state index in [1.807, 2.05) is 4.90 Å². The van der Waals surface area contributed by atoms with Crippen molar-refractivity contribution < 1.29 is 14.0 Å². The molecule has 1 heterocycles. The van der Waals surface area contributed by atoms with E-state index in [-0.39, 0.29) is 24.3 Å². The Hall–Kier alpha value is -2.73. The molecule has 0 radical (unpaired) electrons. The maximum absolute atomic E-state index is 13.0. The van der Waals surface area contributed by atoms with Crippen LogP contribution in [-0.2, 0) is 4.79 Å². The fourth-order valence-corrected chi connectivity index (χ4v) is 2.80. The summed E-state index contributed by atoms with van der Waals surface area (Å²) < 4.78 is 13.0. The lowest BCUT2D eigenvalue weighted by atomic mass is 9.95. The average Bonchev–Trinajstić information content (AvgIpc) is 2.54. The number of benzene rings is 2. The van der Waals surface area contributed by atoms with Gasteiger partial charge in [0.2, 0.25) is 11.8 Å². The van der Waals surface area contributed by atoms with Crippen molar-refractivity contribution in [2.24, 2.45) is 5.73 Å². The Labute approximate surface area is 139 Å². The van der Waals surface area contributed by atoms with Crippen LogP contribution in [0.5, 0.6) is 0 Å². The van der Waals surface area contributed by atoms with E-state index in [0.29, 0.717) is 11.3 Å². The molecule has 1 aliphatic heterocycles. The monoisotopic (exact) mass is 327 g/mol. The molecule has 1 aliphatic rings. The van der Waals surface area contributed by atoms with Crippen molar-refractivity contribution in [3.05, 3.63) is 65.5 Å². The zero-order valence-corrected chi connectivity index (χ0v) is 13.0. The van der Waals surface area contributed by atoms with Crippen LogP contribution in [0.1, 0.15) is 28.4 Å².